The maximum absolute atomic E-state index is 13.5. The Bertz CT molecular complexity index is 1860. The molecule has 236 valence electrons. The van der Waals surface area contributed by atoms with Gasteiger partial charge in [0.15, 0.2) is 0 Å². The summed E-state index contributed by atoms with van der Waals surface area (Å²) in [5, 5.41) is 5.69. The molecular weight excluding hydrogens is 590 g/mol. The second kappa shape index (κ2) is 11.5. The fourth-order valence-corrected chi connectivity index (χ4v) is 6.56. The van der Waals surface area contributed by atoms with Gasteiger partial charge in [-0.3, -0.25) is 29.2 Å². The van der Waals surface area contributed by atoms with Crippen LogP contribution in [0.5, 0.6) is 11.5 Å². The second-order valence-electron chi connectivity index (χ2n) is 11.7. The Labute approximate surface area is 264 Å². The number of anilines is 2. The first-order valence-electron chi connectivity index (χ1n) is 15.2. The van der Waals surface area contributed by atoms with E-state index in [4.69, 9.17) is 9.47 Å². The predicted octanol–water partition coefficient (Wildman–Crippen LogP) is 4.19. The molecule has 0 unspecified atom stereocenters. The van der Waals surface area contributed by atoms with Crippen molar-refractivity contribution in [1.29, 1.82) is 0 Å². The van der Waals surface area contributed by atoms with E-state index in [1.807, 2.05) is 0 Å². The van der Waals surface area contributed by atoms with Crippen LogP contribution in [0.15, 0.2) is 46.5 Å². The molecular formula is C33H33N7O6. The van der Waals surface area contributed by atoms with Gasteiger partial charge in [-0.1, -0.05) is 0 Å². The van der Waals surface area contributed by atoms with Crippen LogP contribution in [0.25, 0.3) is 0 Å². The van der Waals surface area contributed by atoms with Crippen molar-refractivity contribution in [3.05, 3.63) is 58.9 Å². The van der Waals surface area contributed by atoms with E-state index < -0.39 is 11.8 Å². The first-order valence-corrected chi connectivity index (χ1v) is 15.2. The van der Waals surface area contributed by atoms with E-state index in [1.165, 1.54) is 20.3 Å². The van der Waals surface area contributed by atoms with Gasteiger partial charge >= 0.3 is 0 Å². The molecule has 7 rings (SSSR count). The van der Waals surface area contributed by atoms with Gasteiger partial charge in [0.25, 0.3) is 23.6 Å². The van der Waals surface area contributed by atoms with Crippen LogP contribution in [-0.4, -0.2) is 89.8 Å². The van der Waals surface area contributed by atoms with Gasteiger partial charge in [-0.05, 0) is 56.0 Å². The van der Waals surface area contributed by atoms with Crippen LogP contribution in [0.1, 0.15) is 67.2 Å². The molecule has 5 heterocycles. The summed E-state index contributed by atoms with van der Waals surface area (Å²) >= 11 is 0. The monoisotopic (exact) mass is 623 g/mol. The molecule has 0 radical (unpaired) electrons. The Morgan fingerprint density at radius 2 is 1.26 bits per heavy atom. The number of carbonyl (C=O) groups is 4. The molecule has 2 atom stereocenters. The van der Waals surface area contributed by atoms with Crippen molar-refractivity contribution in [1.82, 2.24) is 14.4 Å². The molecule has 0 spiro atoms. The Hall–Kier alpha value is -5.46. The van der Waals surface area contributed by atoms with E-state index in [0.29, 0.717) is 58.5 Å². The van der Waals surface area contributed by atoms with Gasteiger partial charge in [-0.2, -0.15) is 0 Å². The Morgan fingerprint density at radius 1 is 0.761 bits per heavy atom. The number of benzene rings is 2. The van der Waals surface area contributed by atoms with Gasteiger partial charge in [0.2, 0.25) is 0 Å². The van der Waals surface area contributed by atoms with Crippen LogP contribution in [0.4, 0.5) is 22.7 Å². The molecule has 4 aliphatic rings. The van der Waals surface area contributed by atoms with Crippen molar-refractivity contribution < 1.29 is 28.7 Å². The normalized spacial score (nSPS) is 19.5. The molecule has 2 fully saturated rings. The molecule has 46 heavy (non-hydrogen) atoms. The summed E-state index contributed by atoms with van der Waals surface area (Å²) in [5.74, 6) is -0.561. The van der Waals surface area contributed by atoms with Crippen molar-refractivity contribution in [2.75, 3.05) is 37.9 Å². The maximum atomic E-state index is 13.5. The molecule has 4 aliphatic heterocycles. The quantitative estimate of drug-likeness (QED) is 0.421. The molecule has 2 aromatic carbocycles. The molecule has 2 saturated heterocycles. The van der Waals surface area contributed by atoms with Crippen molar-refractivity contribution in [3.8, 4) is 11.5 Å². The third-order valence-electron chi connectivity index (χ3n) is 8.98. The van der Waals surface area contributed by atoms with Crippen LogP contribution in [0.3, 0.4) is 0 Å². The van der Waals surface area contributed by atoms with Crippen LogP contribution in [-0.2, 0) is 7.05 Å². The van der Waals surface area contributed by atoms with Gasteiger partial charge < -0.3 is 34.5 Å². The van der Waals surface area contributed by atoms with Gasteiger partial charge in [0.05, 0.1) is 65.7 Å². The van der Waals surface area contributed by atoms with Crippen LogP contribution < -0.4 is 20.1 Å². The predicted molar refractivity (Wildman–Crippen MR) is 172 cm³/mol. The topological polar surface area (TPSA) is 147 Å². The number of nitrogens with one attached hydrogen (secondary N) is 2. The highest BCUT2D eigenvalue weighted by Gasteiger charge is 2.34. The maximum Gasteiger partial charge on any atom is 0.272 e. The van der Waals surface area contributed by atoms with E-state index in [0.717, 1.165) is 25.7 Å². The second-order valence-corrected chi connectivity index (χ2v) is 11.7. The van der Waals surface area contributed by atoms with Gasteiger partial charge in [0, 0.05) is 38.8 Å². The minimum Gasteiger partial charge on any atom is -0.495 e. The van der Waals surface area contributed by atoms with E-state index >= 15 is 0 Å². The van der Waals surface area contributed by atoms with E-state index in [-0.39, 0.29) is 35.2 Å². The Morgan fingerprint density at radius 3 is 1.76 bits per heavy atom. The summed E-state index contributed by atoms with van der Waals surface area (Å²) in [4.78, 5) is 66.0. The van der Waals surface area contributed by atoms with Gasteiger partial charge in [-0.25, -0.2) is 0 Å². The highest BCUT2D eigenvalue weighted by Crippen LogP contribution is 2.38. The SMILES string of the molecule is COc1cc2c(cc1NC(=O)c1cc(C(=O)Nc3cc4c(cc3OC)C(=O)N3CCC[C@H]3C=N4)n(C)c1)N=C[C@@H]1CCCN1C2=O. The zero-order valence-corrected chi connectivity index (χ0v) is 25.7. The highest BCUT2D eigenvalue weighted by atomic mass is 16.5. The number of hydrogen-bond donors (Lipinski definition) is 2. The lowest BCUT2D eigenvalue weighted by Gasteiger charge is -2.20. The molecule has 3 aromatic rings. The summed E-state index contributed by atoms with van der Waals surface area (Å²) < 4.78 is 12.6. The molecule has 2 N–H and O–H groups in total. The molecule has 13 nitrogen and oxygen atoms in total. The van der Waals surface area contributed by atoms with Crippen molar-refractivity contribution >= 4 is 58.8 Å². The lowest BCUT2D eigenvalue weighted by atomic mass is 10.1. The number of carbonyl (C=O) groups excluding carboxylic acids is 4. The first kappa shape index (κ1) is 29.3. The third kappa shape index (κ3) is 4.97. The Balaban J connectivity index is 1.12. The third-order valence-corrected chi connectivity index (χ3v) is 8.98. The smallest absolute Gasteiger partial charge is 0.272 e. The number of methoxy groups -OCH3 is 2. The van der Waals surface area contributed by atoms with Crippen molar-refractivity contribution in [2.24, 2.45) is 17.0 Å². The van der Waals surface area contributed by atoms with E-state index in [1.54, 1.807) is 64.3 Å². The molecule has 1 aromatic heterocycles. The molecule has 4 amide bonds. The zero-order chi connectivity index (χ0) is 32.1. The number of aryl methyl sites for hydroxylation is 1. The number of aliphatic imine (C=N–C) groups is 2. The molecule has 0 bridgehead atoms. The van der Waals surface area contributed by atoms with Crippen LogP contribution >= 0.6 is 0 Å². The van der Waals surface area contributed by atoms with Crippen molar-refractivity contribution in [3.63, 3.8) is 0 Å². The average Bonchev–Trinajstić information content (AvgIpc) is 3.79. The summed E-state index contributed by atoms with van der Waals surface area (Å²) in [6, 6.07) is 7.84. The number of amides is 4. The lowest BCUT2D eigenvalue weighted by Crippen LogP contribution is -2.35. The molecule has 13 heteroatoms. The fourth-order valence-electron chi connectivity index (χ4n) is 6.56. The van der Waals surface area contributed by atoms with Crippen LogP contribution in [0, 0.1) is 0 Å². The minimum atomic E-state index is -0.486. The summed E-state index contributed by atoms with van der Waals surface area (Å²) in [7, 11) is 4.59. The standard InChI is InChI=1S/C33H33N7O6/c1-38-17-18(30(41)36-25-13-23-21(11-28(25)45-2)32(43)39-8-4-6-19(39)15-34-23)10-27(38)31(42)37-26-14-24-22(12-29(26)46-3)33(44)40-9-5-7-20(40)16-35-24/h10-17,19-20H,4-9H2,1-3H3,(H,36,41)(H,37,42)/t19-,20-/m0/s1. The molecule has 0 aliphatic carbocycles. The highest BCUT2D eigenvalue weighted by molar-refractivity contribution is 6.11. The zero-order valence-electron chi connectivity index (χ0n) is 25.7. The van der Waals surface area contributed by atoms with E-state index in [2.05, 4.69) is 20.6 Å². The van der Waals surface area contributed by atoms with Crippen LogP contribution in [0.2, 0.25) is 0 Å². The number of nitrogens with zero attached hydrogens (tertiary/aromatic N) is 5. The number of fused-ring (bicyclic) bond motifs is 4. The number of ether oxygens (including phenoxy) is 2. The summed E-state index contributed by atoms with van der Waals surface area (Å²) in [6.07, 6.45) is 8.68. The average molecular weight is 624 g/mol. The number of aromatic nitrogens is 1. The largest absolute Gasteiger partial charge is 0.495 e. The molecule has 0 saturated carbocycles. The first-order chi connectivity index (χ1) is 22.2. The fraction of sp³-hybridized carbons (Fsp3) is 0.333. The number of rotatable bonds is 6. The summed E-state index contributed by atoms with van der Waals surface area (Å²) in [5.41, 5.74) is 2.86. The van der Waals surface area contributed by atoms with Crippen molar-refractivity contribution in [2.45, 2.75) is 37.8 Å². The van der Waals surface area contributed by atoms with Gasteiger partial charge in [0.1, 0.15) is 17.2 Å². The van der Waals surface area contributed by atoms with E-state index in [9.17, 15) is 19.2 Å². The minimum absolute atomic E-state index is 0.0449. The van der Waals surface area contributed by atoms with Gasteiger partial charge in [-0.15, -0.1) is 0 Å². The summed E-state index contributed by atoms with van der Waals surface area (Å²) in [6.45, 7) is 1.34. The lowest BCUT2D eigenvalue weighted by molar-refractivity contribution is 0.0766. The Kier molecular flexibility index (Phi) is 7.30. The number of hydrogen-bond acceptors (Lipinski definition) is 8.